The summed E-state index contributed by atoms with van der Waals surface area (Å²) < 4.78 is 16.7. The van der Waals surface area contributed by atoms with Crippen molar-refractivity contribution in [3.8, 4) is 0 Å². The molecule has 0 aromatic heterocycles. The third-order valence-corrected chi connectivity index (χ3v) is 12.1. The molecular formula is C29H42O12. The van der Waals surface area contributed by atoms with Crippen LogP contribution in [0.4, 0.5) is 0 Å². The lowest BCUT2D eigenvalue weighted by atomic mass is 9.40. The second kappa shape index (κ2) is 9.68. The Labute approximate surface area is 237 Å². The Bertz CT molecular complexity index is 1130. The predicted octanol–water partition coefficient (Wildman–Crippen LogP) is -0.393. The molecule has 2 heterocycles. The van der Waals surface area contributed by atoms with E-state index in [0.29, 0.717) is 19.3 Å². The van der Waals surface area contributed by atoms with Crippen LogP contribution in [0.5, 0.6) is 0 Å². The van der Waals surface area contributed by atoms with Gasteiger partial charge in [-0.05, 0) is 75.2 Å². The molecule has 1 saturated heterocycles. The summed E-state index contributed by atoms with van der Waals surface area (Å²) in [4.78, 5) is 25.0. The highest BCUT2D eigenvalue weighted by Gasteiger charge is 2.75. The van der Waals surface area contributed by atoms with Gasteiger partial charge < -0.3 is 50.0 Å². The van der Waals surface area contributed by atoms with E-state index >= 15 is 0 Å². The van der Waals surface area contributed by atoms with Gasteiger partial charge in [0.05, 0.1) is 34.9 Å². The molecule has 14 atom stereocenters. The van der Waals surface area contributed by atoms with Crippen molar-refractivity contribution in [1.29, 1.82) is 0 Å². The van der Waals surface area contributed by atoms with Gasteiger partial charge in [0, 0.05) is 17.9 Å². The van der Waals surface area contributed by atoms with E-state index in [4.69, 9.17) is 14.2 Å². The number of esters is 1. The number of aliphatic hydroxyl groups excluding tert-OH is 4. The summed E-state index contributed by atoms with van der Waals surface area (Å²) in [7, 11) is 0. The first kappa shape index (κ1) is 29.4. The number of carboxylic acids is 1. The number of aliphatic hydroxyl groups is 6. The molecule has 6 rings (SSSR count). The zero-order chi connectivity index (χ0) is 29.7. The topological polar surface area (TPSA) is 203 Å². The maximum atomic E-state index is 13.2. The van der Waals surface area contributed by atoms with Crippen molar-refractivity contribution in [1.82, 2.24) is 0 Å². The molecule has 2 aliphatic heterocycles. The fraction of sp³-hybridized carbons (Fsp3) is 0.862. The van der Waals surface area contributed by atoms with Gasteiger partial charge in [0.25, 0.3) is 0 Å². The van der Waals surface area contributed by atoms with E-state index in [0.717, 1.165) is 5.57 Å². The predicted molar refractivity (Wildman–Crippen MR) is 138 cm³/mol. The molecule has 0 spiro atoms. The van der Waals surface area contributed by atoms with E-state index in [1.54, 1.807) is 0 Å². The summed E-state index contributed by atoms with van der Waals surface area (Å²) in [6.45, 7) is 3.48. The van der Waals surface area contributed by atoms with Crippen molar-refractivity contribution in [2.24, 2.45) is 28.6 Å². The molecule has 4 saturated carbocycles. The van der Waals surface area contributed by atoms with Gasteiger partial charge >= 0.3 is 11.9 Å². The second-order valence-electron chi connectivity index (χ2n) is 13.6. The molecule has 0 bridgehead atoms. The van der Waals surface area contributed by atoms with Gasteiger partial charge in [0.2, 0.25) is 0 Å². The van der Waals surface area contributed by atoms with E-state index in [-0.39, 0.29) is 44.6 Å². The number of carbonyl (C=O) groups excluding carboxylic acids is 1. The molecule has 41 heavy (non-hydrogen) atoms. The Morgan fingerprint density at radius 3 is 2.39 bits per heavy atom. The maximum Gasteiger partial charge on any atom is 0.331 e. The minimum Gasteiger partial charge on any atom is -0.481 e. The lowest BCUT2D eigenvalue weighted by Crippen LogP contribution is -2.73. The van der Waals surface area contributed by atoms with E-state index < -0.39 is 88.7 Å². The molecule has 0 amide bonds. The van der Waals surface area contributed by atoms with Gasteiger partial charge in [-0.3, -0.25) is 4.79 Å². The van der Waals surface area contributed by atoms with Crippen LogP contribution in [0.15, 0.2) is 11.6 Å². The number of hydrogen-bond donors (Lipinski definition) is 7. The minimum atomic E-state index is -1.72. The van der Waals surface area contributed by atoms with E-state index in [2.05, 4.69) is 0 Å². The summed E-state index contributed by atoms with van der Waals surface area (Å²) in [5.74, 6) is -3.12. The highest BCUT2D eigenvalue weighted by Crippen LogP contribution is 2.71. The normalized spacial score (nSPS) is 54.9. The van der Waals surface area contributed by atoms with Crippen molar-refractivity contribution >= 4 is 11.9 Å². The monoisotopic (exact) mass is 582 g/mol. The number of carboxylic acid groups (broad SMARTS) is 1. The number of aliphatic carboxylic acids is 1. The molecule has 0 unspecified atom stereocenters. The average Bonchev–Trinajstić information content (AvgIpc) is 3.46. The fourth-order valence-electron chi connectivity index (χ4n) is 9.90. The van der Waals surface area contributed by atoms with Crippen molar-refractivity contribution in [3.63, 3.8) is 0 Å². The van der Waals surface area contributed by atoms with Crippen LogP contribution in [0.25, 0.3) is 0 Å². The number of hydrogen-bond acceptors (Lipinski definition) is 11. The molecule has 12 heteroatoms. The first-order valence-corrected chi connectivity index (χ1v) is 14.8. The number of cyclic esters (lactones) is 1. The smallest absolute Gasteiger partial charge is 0.331 e. The summed E-state index contributed by atoms with van der Waals surface area (Å²) in [6.07, 6.45) is -5.17. The molecule has 0 radical (unpaired) electrons. The van der Waals surface area contributed by atoms with E-state index in [9.17, 15) is 45.3 Å². The van der Waals surface area contributed by atoms with Crippen LogP contribution in [-0.2, 0) is 23.8 Å². The van der Waals surface area contributed by atoms with Crippen LogP contribution >= 0.6 is 0 Å². The summed E-state index contributed by atoms with van der Waals surface area (Å²) in [5, 5.41) is 77.5. The van der Waals surface area contributed by atoms with E-state index in [1.165, 1.54) is 13.0 Å². The first-order chi connectivity index (χ1) is 19.2. The molecule has 230 valence electrons. The molecule has 0 aromatic rings. The van der Waals surface area contributed by atoms with Crippen LogP contribution < -0.4 is 0 Å². The van der Waals surface area contributed by atoms with Crippen LogP contribution in [0.2, 0.25) is 0 Å². The van der Waals surface area contributed by atoms with Crippen molar-refractivity contribution < 1.29 is 59.5 Å². The first-order valence-electron chi connectivity index (χ1n) is 14.8. The lowest BCUT2D eigenvalue weighted by Gasteiger charge is -2.66. The fourth-order valence-corrected chi connectivity index (χ4v) is 9.90. The summed E-state index contributed by atoms with van der Waals surface area (Å²) in [5.41, 5.74) is -5.05. The SMILES string of the molecule is C[C@H]1O[C@@H](O[C@H]2CC[C@]3(C(=O)O)[C@H]4C[C@@H](O)[C@]5(C)[C@@H](C6=CC(=O)OC6)CC[C@]5(O)[C@H]4CC[C@]3(O)C2)[C@H](O)[C@H](O)[C@@H]1O. The van der Waals surface area contributed by atoms with Crippen molar-refractivity contribution in [3.05, 3.63) is 11.6 Å². The molecule has 12 nitrogen and oxygen atoms in total. The van der Waals surface area contributed by atoms with Gasteiger partial charge in [-0.2, -0.15) is 0 Å². The Morgan fingerprint density at radius 1 is 1.00 bits per heavy atom. The molecule has 6 aliphatic rings. The van der Waals surface area contributed by atoms with Crippen LogP contribution in [0, 0.1) is 28.6 Å². The average molecular weight is 583 g/mol. The van der Waals surface area contributed by atoms with Gasteiger partial charge in [-0.1, -0.05) is 6.92 Å². The quantitative estimate of drug-likeness (QED) is 0.167. The summed E-state index contributed by atoms with van der Waals surface area (Å²) >= 11 is 0. The Morgan fingerprint density at radius 2 is 1.73 bits per heavy atom. The van der Waals surface area contributed by atoms with Crippen molar-refractivity contribution in [2.75, 3.05) is 6.61 Å². The largest absolute Gasteiger partial charge is 0.481 e. The molecule has 5 fully saturated rings. The Hall–Kier alpha value is -1.64. The van der Waals surface area contributed by atoms with Gasteiger partial charge in [-0.15, -0.1) is 0 Å². The third kappa shape index (κ3) is 3.88. The van der Waals surface area contributed by atoms with E-state index in [1.807, 2.05) is 6.92 Å². The van der Waals surface area contributed by atoms with Gasteiger partial charge in [-0.25, -0.2) is 4.79 Å². The molecular weight excluding hydrogens is 540 g/mol. The zero-order valence-electron chi connectivity index (χ0n) is 23.4. The van der Waals surface area contributed by atoms with Crippen molar-refractivity contribution in [2.45, 2.75) is 119 Å². The number of rotatable bonds is 4. The second-order valence-corrected chi connectivity index (χ2v) is 13.6. The molecule has 4 aliphatic carbocycles. The standard InChI is InChI=1S/C29H42O12/c1-13-21(32)22(33)23(34)24(40-13)41-15-3-7-28(25(35)36)18-10-19(30)26(2)16(14-9-20(31)39-12-14)5-8-29(26,38)17(18)4-6-27(28,37)11-15/h9,13,15-19,21-24,30,32-34,37-38H,3-8,10-12H2,1-2H3,(H,35,36)/t13-,15+,16-,17+,18+,19-,21-,22-,23-,24+,26+,27+,28-,29+/m1/s1. The lowest BCUT2D eigenvalue weighted by molar-refractivity contribution is -0.321. The Kier molecular flexibility index (Phi) is 6.95. The van der Waals surface area contributed by atoms with Gasteiger partial charge in [0.15, 0.2) is 6.29 Å². The summed E-state index contributed by atoms with van der Waals surface area (Å²) in [6, 6.07) is 0. The molecule has 7 N–H and O–H groups in total. The highest BCUT2D eigenvalue weighted by atomic mass is 16.7. The number of ether oxygens (including phenoxy) is 3. The van der Waals surface area contributed by atoms with Crippen LogP contribution in [-0.4, -0.2) is 108 Å². The Balaban J connectivity index is 1.28. The third-order valence-electron chi connectivity index (χ3n) is 12.1. The molecule has 0 aromatic carbocycles. The zero-order valence-corrected chi connectivity index (χ0v) is 23.4. The highest BCUT2D eigenvalue weighted by molar-refractivity contribution is 5.85. The van der Waals surface area contributed by atoms with Gasteiger partial charge in [0.1, 0.15) is 24.9 Å². The number of fused-ring (bicyclic) bond motifs is 5. The van der Waals surface area contributed by atoms with Crippen LogP contribution in [0.3, 0.4) is 0 Å². The van der Waals surface area contributed by atoms with Crippen LogP contribution in [0.1, 0.15) is 65.2 Å². The maximum absolute atomic E-state index is 13.2. The minimum absolute atomic E-state index is 0.0185. The number of carbonyl (C=O) groups is 2.